The molecule has 55 heavy (non-hydrogen) atoms. The summed E-state index contributed by atoms with van der Waals surface area (Å²) in [6, 6.07) is 24.1. The molecule has 0 radical (unpaired) electrons. The van der Waals surface area contributed by atoms with Gasteiger partial charge < -0.3 is 33.4 Å². The number of aromatic nitrogens is 3. The van der Waals surface area contributed by atoms with Crippen molar-refractivity contribution in [1.82, 2.24) is 23.9 Å². The molecule has 2 amide bonds. The number of carbonyl (C=O) groups is 2. The van der Waals surface area contributed by atoms with E-state index < -0.39 is 0 Å². The van der Waals surface area contributed by atoms with Gasteiger partial charge in [-0.25, -0.2) is 4.98 Å². The Morgan fingerprint density at radius 1 is 0.927 bits per heavy atom. The smallest absolute Gasteiger partial charge is 0.264 e. The average Bonchev–Trinajstić information content (AvgIpc) is 3.93. The van der Waals surface area contributed by atoms with E-state index in [1.807, 2.05) is 64.5 Å². The molecule has 3 aliphatic rings. The van der Waals surface area contributed by atoms with Crippen LogP contribution in [0.5, 0.6) is 17.2 Å². The Kier molecular flexibility index (Phi) is 9.72. The molecule has 9 rings (SSSR count). The number of amides is 2. The highest BCUT2D eigenvalue weighted by atomic mass is 35.5. The quantitative estimate of drug-likeness (QED) is 0.199. The van der Waals surface area contributed by atoms with Crippen LogP contribution in [0.15, 0.2) is 97.5 Å². The van der Waals surface area contributed by atoms with Crippen LogP contribution in [0.1, 0.15) is 37.5 Å². The Balaban J connectivity index is 0.00000427. The van der Waals surface area contributed by atoms with E-state index in [1.54, 1.807) is 47.6 Å². The minimum absolute atomic E-state index is 0. The third-order valence-electron chi connectivity index (χ3n) is 10.7. The summed E-state index contributed by atoms with van der Waals surface area (Å²) in [6.07, 6.45) is 6.12. The van der Waals surface area contributed by atoms with Crippen LogP contribution in [0.25, 0.3) is 16.7 Å². The van der Waals surface area contributed by atoms with Gasteiger partial charge in [-0.05, 0) is 73.0 Å². The van der Waals surface area contributed by atoms with Crippen LogP contribution >= 0.6 is 12.4 Å². The SMILES string of the molecule is Cc1cc(C(=O)N(c2ccc(O)cc2)c2cnc3c(ccn3C)c2)cn1-c1cc2c(cc1C(=O)N1Cc3ccccc3C[C@H]1CN1CCOCC1)OCO2.Cl. The van der Waals surface area contributed by atoms with E-state index in [0.717, 1.165) is 48.3 Å². The number of nitrogens with zero attached hydrogens (tertiary/aromatic N) is 6. The molecule has 6 heterocycles. The zero-order valence-corrected chi connectivity index (χ0v) is 31.4. The second-order valence-electron chi connectivity index (χ2n) is 14.1. The number of ether oxygens (including phenoxy) is 3. The van der Waals surface area contributed by atoms with Gasteiger partial charge in [0.05, 0.1) is 41.9 Å². The lowest BCUT2D eigenvalue weighted by Crippen LogP contribution is -2.52. The lowest BCUT2D eigenvalue weighted by atomic mass is 9.92. The van der Waals surface area contributed by atoms with Gasteiger partial charge in [-0.3, -0.25) is 19.4 Å². The summed E-state index contributed by atoms with van der Waals surface area (Å²) >= 11 is 0. The maximum atomic E-state index is 15.0. The number of anilines is 2. The summed E-state index contributed by atoms with van der Waals surface area (Å²) in [4.78, 5) is 40.3. The number of benzene rings is 3. The first-order valence-corrected chi connectivity index (χ1v) is 18.2. The lowest BCUT2D eigenvalue weighted by molar-refractivity contribution is 0.0192. The maximum absolute atomic E-state index is 15.0. The normalized spacial score (nSPS) is 16.5. The van der Waals surface area contributed by atoms with E-state index in [1.165, 1.54) is 5.56 Å². The fraction of sp³-hybridized carbons (Fsp3) is 0.262. The number of aryl methyl sites for hydroxylation is 2. The van der Waals surface area contributed by atoms with Crippen LogP contribution in [0, 0.1) is 6.92 Å². The molecule has 282 valence electrons. The average molecular weight is 761 g/mol. The van der Waals surface area contributed by atoms with Crippen molar-refractivity contribution in [3.05, 3.63) is 125 Å². The molecular formula is C42H41ClN6O6. The zero-order valence-electron chi connectivity index (χ0n) is 30.6. The number of carbonyl (C=O) groups excluding carboxylic acids is 2. The number of rotatable bonds is 7. The molecule has 3 aromatic carbocycles. The summed E-state index contributed by atoms with van der Waals surface area (Å²) in [5.74, 6) is 0.711. The van der Waals surface area contributed by atoms with Crippen molar-refractivity contribution in [2.45, 2.75) is 25.9 Å². The number of halogens is 1. The van der Waals surface area contributed by atoms with E-state index in [-0.39, 0.29) is 42.8 Å². The van der Waals surface area contributed by atoms with Crippen LogP contribution in [0.3, 0.4) is 0 Å². The number of hydrogen-bond donors (Lipinski definition) is 1. The molecule has 0 bridgehead atoms. The molecule has 1 saturated heterocycles. The van der Waals surface area contributed by atoms with Crippen molar-refractivity contribution >= 4 is 46.6 Å². The van der Waals surface area contributed by atoms with Gasteiger partial charge in [-0.2, -0.15) is 0 Å². The first kappa shape index (κ1) is 36.2. The fourth-order valence-corrected chi connectivity index (χ4v) is 7.86. The Hall–Kier alpha value is -5.82. The number of fused-ring (bicyclic) bond motifs is 3. The molecule has 3 aromatic heterocycles. The Bertz CT molecular complexity index is 2400. The van der Waals surface area contributed by atoms with Crippen LogP contribution < -0.4 is 14.4 Å². The van der Waals surface area contributed by atoms with Crippen molar-refractivity contribution in [2.24, 2.45) is 7.05 Å². The molecule has 1 fully saturated rings. The molecule has 0 aliphatic carbocycles. The molecule has 13 heteroatoms. The van der Waals surface area contributed by atoms with Gasteiger partial charge in [0.1, 0.15) is 11.4 Å². The van der Waals surface area contributed by atoms with Gasteiger partial charge in [0.25, 0.3) is 11.8 Å². The van der Waals surface area contributed by atoms with Gasteiger partial charge in [-0.15, -0.1) is 12.4 Å². The van der Waals surface area contributed by atoms with Gasteiger partial charge in [0.15, 0.2) is 11.5 Å². The predicted octanol–water partition coefficient (Wildman–Crippen LogP) is 6.41. The number of aromatic hydroxyl groups is 1. The fourth-order valence-electron chi connectivity index (χ4n) is 7.86. The minimum atomic E-state index is -0.300. The van der Waals surface area contributed by atoms with Crippen LogP contribution in [0.4, 0.5) is 11.4 Å². The summed E-state index contributed by atoms with van der Waals surface area (Å²) in [6.45, 7) is 6.19. The van der Waals surface area contributed by atoms with Gasteiger partial charge in [0, 0.05) is 74.5 Å². The van der Waals surface area contributed by atoms with Crippen LogP contribution in [-0.4, -0.2) is 86.5 Å². The number of phenols is 1. The molecule has 12 nitrogen and oxygen atoms in total. The van der Waals surface area contributed by atoms with Crippen molar-refractivity contribution in [2.75, 3.05) is 44.5 Å². The minimum Gasteiger partial charge on any atom is -0.508 e. The topological polar surface area (TPSA) is 115 Å². The highest BCUT2D eigenvalue weighted by Crippen LogP contribution is 2.39. The van der Waals surface area contributed by atoms with Crippen LogP contribution in [-0.2, 0) is 24.8 Å². The molecule has 0 saturated carbocycles. The largest absolute Gasteiger partial charge is 0.508 e. The van der Waals surface area contributed by atoms with E-state index >= 15 is 0 Å². The molecule has 3 aliphatic heterocycles. The van der Waals surface area contributed by atoms with Gasteiger partial charge in [0.2, 0.25) is 6.79 Å². The highest BCUT2D eigenvalue weighted by molar-refractivity contribution is 6.11. The molecule has 1 atom stereocenters. The van der Waals surface area contributed by atoms with Crippen molar-refractivity contribution in [3.63, 3.8) is 0 Å². The van der Waals surface area contributed by atoms with Crippen molar-refractivity contribution < 1.29 is 28.9 Å². The standard InChI is InChI=1S/C42H40N6O6.ClH/c1-27-17-31(41(50)48(32-7-9-35(49)10-8-32)33-19-29-11-12-44(2)40(29)43-22-33)24-46(27)37-21-39-38(53-26-54-39)20-36(37)42(51)47-23-30-6-4-3-5-28(30)18-34(47)25-45-13-15-52-16-14-45;/h3-12,17,19-22,24,34,49H,13-16,18,23,25-26H2,1-2H3;1H/t34-;/m0./s1. The van der Waals surface area contributed by atoms with Gasteiger partial charge in [-0.1, -0.05) is 24.3 Å². The monoisotopic (exact) mass is 760 g/mol. The van der Waals surface area contributed by atoms with E-state index in [0.29, 0.717) is 59.4 Å². The number of hydrogen-bond acceptors (Lipinski definition) is 8. The first-order chi connectivity index (χ1) is 26.3. The Labute approximate surface area is 324 Å². The molecule has 0 unspecified atom stereocenters. The molecule has 0 spiro atoms. The molecular weight excluding hydrogens is 720 g/mol. The second kappa shape index (κ2) is 14.8. The number of pyridine rings is 1. The summed E-state index contributed by atoms with van der Waals surface area (Å²) < 4.78 is 21.1. The van der Waals surface area contributed by atoms with Gasteiger partial charge >= 0.3 is 0 Å². The summed E-state index contributed by atoms with van der Waals surface area (Å²) in [5, 5.41) is 11.0. The second-order valence-corrected chi connectivity index (χ2v) is 14.1. The predicted molar refractivity (Wildman–Crippen MR) is 210 cm³/mol. The molecule has 1 N–H and O–H groups in total. The molecule has 6 aromatic rings. The number of morpholine rings is 1. The Morgan fingerprint density at radius 2 is 1.67 bits per heavy atom. The Morgan fingerprint density at radius 3 is 2.45 bits per heavy atom. The maximum Gasteiger partial charge on any atom is 0.264 e. The summed E-state index contributed by atoms with van der Waals surface area (Å²) in [7, 11) is 1.92. The van der Waals surface area contributed by atoms with E-state index in [4.69, 9.17) is 14.2 Å². The third-order valence-corrected chi connectivity index (χ3v) is 10.7. The van der Waals surface area contributed by atoms with E-state index in [2.05, 4.69) is 28.1 Å². The van der Waals surface area contributed by atoms with Crippen molar-refractivity contribution in [1.29, 1.82) is 0 Å². The third kappa shape index (κ3) is 6.77. The zero-order chi connectivity index (χ0) is 36.9. The first-order valence-electron chi connectivity index (χ1n) is 18.2. The van der Waals surface area contributed by atoms with E-state index in [9.17, 15) is 14.7 Å². The summed E-state index contributed by atoms with van der Waals surface area (Å²) in [5.41, 5.74) is 6.53. The van der Waals surface area contributed by atoms with Crippen LogP contribution in [0.2, 0.25) is 0 Å². The number of phenolic OH excluding ortho intramolecular Hbond substituents is 1. The lowest BCUT2D eigenvalue weighted by Gasteiger charge is -2.40. The highest BCUT2D eigenvalue weighted by Gasteiger charge is 2.35. The van der Waals surface area contributed by atoms with Crippen molar-refractivity contribution in [3.8, 4) is 22.9 Å².